The van der Waals surface area contributed by atoms with Gasteiger partial charge in [0.1, 0.15) is 0 Å². The van der Waals surface area contributed by atoms with Crippen molar-refractivity contribution in [2.45, 2.75) is 46.6 Å². The van der Waals surface area contributed by atoms with Crippen LogP contribution >= 0.6 is 12.6 Å². The van der Waals surface area contributed by atoms with Gasteiger partial charge < -0.3 is 16.4 Å². The van der Waals surface area contributed by atoms with E-state index in [9.17, 15) is 4.79 Å². The van der Waals surface area contributed by atoms with Gasteiger partial charge in [0.15, 0.2) is 0 Å². The number of amides is 1. The molecule has 0 radical (unpaired) electrons. The van der Waals surface area contributed by atoms with Crippen molar-refractivity contribution < 1.29 is 4.79 Å². The van der Waals surface area contributed by atoms with Gasteiger partial charge >= 0.3 is 0 Å². The first kappa shape index (κ1) is 21.0. The minimum atomic E-state index is -0.0601. The molecule has 4 nitrogen and oxygen atoms in total. The quantitative estimate of drug-likeness (QED) is 0.583. The molecule has 1 rings (SSSR count). The second-order valence-corrected chi connectivity index (χ2v) is 5.73. The van der Waals surface area contributed by atoms with E-state index >= 15 is 0 Å². The molecule has 0 saturated carbocycles. The average molecular weight is 326 g/mol. The molecule has 22 heavy (non-hydrogen) atoms. The summed E-state index contributed by atoms with van der Waals surface area (Å²) in [6.45, 7) is 9.22. The van der Waals surface area contributed by atoms with Crippen molar-refractivity contribution in [3.63, 3.8) is 0 Å². The smallest absolute Gasteiger partial charge is 0.238 e. The lowest BCUT2D eigenvalue weighted by Crippen LogP contribution is -2.38. The van der Waals surface area contributed by atoms with Crippen molar-refractivity contribution >= 4 is 24.2 Å². The average Bonchev–Trinajstić information content (AvgIpc) is 2.51. The molecule has 1 aromatic rings. The summed E-state index contributed by atoms with van der Waals surface area (Å²) in [5, 5.41) is 5.89. The minimum absolute atomic E-state index is 0.0261. The van der Waals surface area contributed by atoms with E-state index in [0.717, 1.165) is 16.8 Å². The molecular formula is C17H31N3OS. The summed E-state index contributed by atoms with van der Waals surface area (Å²) < 4.78 is 0. The van der Waals surface area contributed by atoms with E-state index in [1.54, 1.807) is 0 Å². The lowest BCUT2D eigenvalue weighted by Gasteiger charge is -2.12. The van der Waals surface area contributed by atoms with E-state index in [0.29, 0.717) is 12.3 Å². The molecule has 0 aliphatic carbocycles. The van der Waals surface area contributed by atoms with E-state index in [4.69, 9.17) is 5.73 Å². The molecular weight excluding hydrogens is 294 g/mol. The highest BCUT2D eigenvalue weighted by molar-refractivity contribution is 7.80. The summed E-state index contributed by atoms with van der Waals surface area (Å²) in [5.41, 5.74) is 8.81. The van der Waals surface area contributed by atoms with Crippen LogP contribution in [0.5, 0.6) is 0 Å². The summed E-state index contributed by atoms with van der Waals surface area (Å²) in [6, 6.07) is 5.83. The van der Waals surface area contributed by atoms with Crippen molar-refractivity contribution in [2.24, 2.45) is 5.73 Å². The normalized spacial score (nSPS) is 11.4. The number of benzene rings is 1. The van der Waals surface area contributed by atoms with Crippen molar-refractivity contribution in [3.05, 3.63) is 29.3 Å². The van der Waals surface area contributed by atoms with Crippen LogP contribution in [0.4, 0.5) is 5.69 Å². The Morgan fingerprint density at radius 1 is 1.27 bits per heavy atom. The maximum Gasteiger partial charge on any atom is 0.238 e. The monoisotopic (exact) mass is 325 g/mol. The highest BCUT2D eigenvalue weighted by Gasteiger charge is 2.06. The Bertz CT molecular complexity index is 436. The summed E-state index contributed by atoms with van der Waals surface area (Å²) in [5.74, 6) is 0.543. The largest absolute Gasteiger partial charge is 0.326 e. The van der Waals surface area contributed by atoms with Crippen LogP contribution in [0.1, 0.15) is 37.8 Å². The highest BCUT2D eigenvalue weighted by atomic mass is 32.1. The molecule has 0 fully saturated rings. The van der Waals surface area contributed by atoms with Crippen LogP contribution in [0.3, 0.4) is 0 Å². The fraction of sp³-hybridized carbons (Fsp3) is 0.588. The summed E-state index contributed by atoms with van der Waals surface area (Å²) >= 11 is 4.08. The molecule has 0 bridgehead atoms. The molecule has 0 aliphatic heterocycles. The second-order valence-electron chi connectivity index (χ2n) is 5.37. The van der Waals surface area contributed by atoms with Gasteiger partial charge in [0.05, 0.1) is 6.54 Å². The van der Waals surface area contributed by atoms with Gasteiger partial charge in [-0.25, -0.2) is 0 Å². The van der Waals surface area contributed by atoms with Crippen LogP contribution in [0.15, 0.2) is 18.2 Å². The molecule has 0 aromatic heterocycles. The van der Waals surface area contributed by atoms with Gasteiger partial charge in [-0.3, -0.25) is 4.79 Å². The maximum atomic E-state index is 11.7. The van der Waals surface area contributed by atoms with Crippen LogP contribution in [0.25, 0.3) is 0 Å². The molecule has 5 heteroatoms. The number of aryl methyl sites for hydroxylation is 1. The SMILES string of the molecule is CCCC.Cc1cccc(NC(=O)CNCC(N)CS)c1C. The van der Waals surface area contributed by atoms with Gasteiger partial charge in [-0.05, 0) is 31.0 Å². The van der Waals surface area contributed by atoms with Crippen LogP contribution in [0, 0.1) is 13.8 Å². The number of thiol groups is 1. The first-order valence-electron chi connectivity index (χ1n) is 7.89. The van der Waals surface area contributed by atoms with Crippen LogP contribution in [-0.2, 0) is 4.79 Å². The molecule has 1 unspecified atom stereocenters. The maximum absolute atomic E-state index is 11.7. The topological polar surface area (TPSA) is 67.2 Å². The van der Waals surface area contributed by atoms with Gasteiger partial charge in [-0.1, -0.05) is 38.8 Å². The highest BCUT2D eigenvalue weighted by Crippen LogP contribution is 2.17. The fourth-order valence-corrected chi connectivity index (χ4v) is 1.65. The first-order valence-corrected chi connectivity index (χ1v) is 8.52. The molecule has 4 N–H and O–H groups in total. The van der Waals surface area contributed by atoms with Crippen molar-refractivity contribution in [2.75, 3.05) is 24.2 Å². The van der Waals surface area contributed by atoms with E-state index in [-0.39, 0.29) is 18.5 Å². The van der Waals surface area contributed by atoms with Gasteiger partial charge in [0.25, 0.3) is 0 Å². The van der Waals surface area contributed by atoms with Crippen molar-refractivity contribution in [3.8, 4) is 0 Å². The Balaban J connectivity index is 0.000000980. The number of carbonyl (C=O) groups is 1. The lowest BCUT2D eigenvalue weighted by atomic mass is 10.1. The molecule has 0 heterocycles. The lowest BCUT2D eigenvalue weighted by molar-refractivity contribution is -0.115. The number of rotatable bonds is 7. The summed E-state index contributed by atoms with van der Waals surface area (Å²) in [4.78, 5) is 11.7. The predicted octanol–water partition coefficient (Wildman–Crippen LogP) is 2.90. The number of nitrogens with two attached hydrogens (primary N) is 1. The first-order chi connectivity index (χ1) is 10.5. The second kappa shape index (κ2) is 12.5. The number of unbranched alkanes of at least 4 members (excludes halogenated alkanes) is 1. The summed E-state index contributed by atoms with van der Waals surface area (Å²) in [7, 11) is 0. The minimum Gasteiger partial charge on any atom is -0.326 e. The van der Waals surface area contributed by atoms with Crippen molar-refractivity contribution in [1.29, 1.82) is 0 Å². The van der Waals surface area contributed by atoms with E-state index < -0.39 is 0 Å². The third kappa shape index (κ3) is 9.07. The molecule has 0 saturated heterocycles. The van der Waals surface area contributed by atoms with E-state index in [1.165, 1.54) is 12.8 Å². The molecule has 126 valence electrons. The Kier molecular flexibility index (Phi) is 11.9. The molecule has 0 spiro atoms. The Morgan fingerprint density at radius 2 is 1.91 bits per heavy atom. The Morgan fingerprint density at radius 3 is 2.45 bits per heavy atom. The third-order valence-electron chi connectivity index (χ3n) is 3.31. The number of hydrogen-bond donors (Lipinski definition) is 4. The predicted molar refractivity (Wildman–Crippen MR) is 99.8 cm³/mol. The summed E-state index contributed by atoms with van der Waals surface area (Å²) in [6.07, 6.45) is 2.64. The number of carbonyl (C=O) groups excluding carboxylic acids is 1. The van der Waals surface area contributed by atoms with Crippen LogP contribution in [0.2, 0.25) is 0 Å². The third-order valence-corrected chi connectivity index (χ3v) is 3.77. The number of anilines is 1. The van der Waals surface area contributed by atoms with Crippen molar-refractivity contribution in [1.82, 2.24) is 5.32 Å². The Labute approximate surface area is 140 Å². The van der Waals surface area contributed by atoms with Crippen LogP contribution < -0.4 is 16.4 Å². The fourth-order valence-electron chi connectivity index (χ4n) is 1.52. The number of hydrogen-bond acceptors (Lipinski definition) is 4. The zero-order valence-corrected chi connectivity index (χ0v) is 15.2. The van der Waals surface area contributed by atoms with Gasteiger partial charge in [0.2, 0.25) is 5.91 Å². The van der Waals surface area contributed by atoms with Gasteiger partial charge in [-0.2, -0.15) is 12.6 Å². The standard InChI is InChI=1S/C13H21N3OS.C4H10/c1-9-4-3-5-12(10(9)2)16-13(17)7-15-6-11(14)8-18;1-3-4-2/h3-5,11,15,18H,6-8,14H2,1-2H3,(H,16,17);3-4H2,1-2H3. The molecule has 0 aliphatic rings. The zero-order valence-electron chi connectivity index (χ0n) is 14.3. The van der Waals surface area contributed by atoms with Gasteiger partial charge in [0, 0.05) is 24.0 Å². The van der Waals surface area contributed by atoms with E-state index in [2.05, 4.69) is 37.1 Å². The Hall–Kier alpha value is -1.04. The molecule has 1 atom stereocenters. The zero-order chi connectivity index (χ0) is 17.0. The van der Waals surface area contributed by atoms with E-state index in [1.807, 2.05) is 32.0 Å². The van der Waals surface area contributed by atoms with Crippen LogP contribution in [-0.4, -0.2) is 30.8 Å². The van der Waals surface area contributed by atoms with Gasteiger partial charge in [-0.15, -0.1) is 0 Å². The molecule has 1 aromatic carbocycles. The number of nitrogens with one attached hydrogen (secondary N) is 2. The molecule has 1 amide bonds.